The molecule has 0 aliphatic rings. The predicted molar refractivity (Wildman–Crippen MR) is 81.6 cm³/mol. The molecule has 112 valence electrons. The van der Waals surface area contributed by atoms with E-state index in [-0.39, 0.29) is 11.3 Å². The second-order valence-corrected chi connectivity index (χ2v) is 4.79. The Kier molecular flexibility index (Phi) is 6.78. The van der Waals surface area contributed by atoms with Gasteiger partial charge in [-0.1, -0.05) is 6.07 Å². The van der Waals surface area contributed by atoms with Crippen molar-refractivity contribution in [2.24, 2.45) is 0 Å². The topological polar surface area (TPSA) is 88.4 Å². The number of amides is 1. The van der Waals surface area contributed by atoms with Crippen molar-refractivity contribution in [2.45, 2.75) is 6.42 Å². The normalized spacial score (nSPS) is 11.0. The number of benzene rings is 1. The molecule has 0 spiro atoms. The van der Waals surface area contributed by atoms with Crippen molar-refractivity contribution in [3.05, 3.63) is 36.0 Å². The number of hydrogen-bond acceptors (Lipinski definition) is 5. The Balaban J connectivity index is 2.51. The average Bonchev–Trinajstić information content (AvgIpc) is 2.42. The summed E-state index contributed by atoms with van der Waals surface area (Å²) in [5.41, 5.74) is 0.428. The highest BCUT2D eigenvalue weighted by Crippen LogP contribution is 2.15. The molecule has 0 fully saturated rings. The molecule has 0 bridgehead atoms. The van der Waals surface area contributed by atoms with Crippen LogP contribution in [0.2, 0.25) is 0 Å². The lowest BCUT2D eigenvalue weighted by atomic mass is 10.2. The first kappa shape index (κ1) is 16.5. The largest absolute Gasteiger partial charge is 0.508 e. The molecule has 0 unspecified atom stereocenters. The highest BCUT2D eigenvalue weighted by atomic mass is 16.3. The summed E-state index contributed by atoms with van der Waals surface area (Å²) in [6, 6.07) is 8.01. The van der Waals surface area contributed by atoms with Crippen LogP contribution in [0.15, 0.2) is 36.0 Å². The number of hydrogen-bond donors (Lipinski definition) is 3. The fraction of sp³-hybridized carbons (Fsp3) is 0.333. The van der Waals surface area contributed by atoms with Gasteiger partial charge in [-0.15, -0.1) is 0 Å². The average molecular weight is 288 g/mol. The zero-order valence-electron chi connectivity index (χ0n) is 12.3. The SMILES string of the molecule is CN(C)CCCN/C=C(/C#N)C(=O)Nc1cccc(O)c1. The predicted octanol–water partition coefficient (Wildman–Crippen LogP) is 1.28. The fourth-order valence-corrected chi connectivity index (χ4v) is 1.60. The van der Waals surface area contributed by atoms with Crippen LogP contribution in [0.25, 0.3) is 0 Å². The Labute approximate surface area is 124 Å². The van der Waals surface area contributed by atoms with Gasteiger partial charge in [-0.2, -0.15) is 5.26 Å². The molecule has 0 aliphatic carbocycles. The zero-order chi connectivity index (χ0) is 15.7. The van der Waals surface area contributed by atoms with Crippen molar-refractivity contribution in [2.75, 3.05) is 32.5 Å². The van der Waals surface area contributed by atoms with Gasteiger partial charge in [-0.25, -0.2) is 0 Å². The maximum absolute atomic E-state index is 11.9. The minimum Gasteiger partial charge on any atom is -0.508 e. The number of nitrogens with zero attached hydrogens (tertiary/aromatic N) is 2. The lowest BCUT2D eigenvalue weighted by molar-refractivity contribution is -0.112. The summed E-state index contributed by atoms with van der Waals surface area (Å²) in [4.78, 5) is 14.0. The van der Waals surface area contributed by atoms with Crippen molar-refractivity contribution >= 4 is 11.6 Å². The van der Waals surface area contributed by atoms with Gasteiger partial charge in [0.15, 0.2) is 0 Å². The molecule has 0 heterocycles. The third-order valence-electron chi connectivity index (χ3n) is 2.64. The monoisotopic (exact) mass is 288 g/mol. The number of carbonyl (C=O) groups excluding carboxylic acids is 1. The van der Waals surface area contributed by atoms with Crippen LogP contribution < -0.4 is 10.6 Å². The van der Waals surface area contributed by atoms with Gasteiger partial charge in [0.2, 0.25) is 0 Å². The maximum Gasteiger partial charge on any atom is 0.267 e. The molecule has 1 aromatic carbocycles. The second kappa shape index (κ2) is 8.61. The van der Waals surface area contributed by atoms with E-state index in [2.05, 4.69) is 15.5 Å². The number of nitrogens with one attached hydrogen (secondary N) is 2. The number of nitriles is 1. The number of phenols is 1. The molecule has 0 saturated heterocycles. The molecule has 0 atom stereocenters. The van der Waals surface area contributed by atoms with Crippen LogP contribution >= 0.6 is 0 Å². The van der Waals surface area contributed by atoms with E-state index in [9.17, 15) is 9.90 Å². The van der Waals surface area contributed by atoms with Gasteiger partial charge < -0.3 is 20.6 Å². The van der Waals surface area contributed by atoms with E-state index >= 15 is 0 Å². The molecule has 0 saturated carbocycles. The van der Waals surface area contributed by atoms with Gasteiger partial charge in [0, 0.05) is 24.5 Å². The number of anilines is 1. The summed E-state index contributed by atoms with van der Waals surface area (Å²) in [6.07, 6.45) is 2.32. The van der Waals surface area contributed by atoms with Gasteiger partial charge in [0.1, 0.15) is 17.4 Å². The van der Waals surface area contributed by atoms with E-state index < -0.39 is 5.91 Å². The van der Waals surface area contributed by atoms with E-state index in [1.807, 2.05) is 20.2 Å². The lowest BCUT2D eigenvalue weighted by Gasteiger charge is -2.09. The molecular weight excluding hydrogens is 268 g/mol. The quantitative estimate of drug-likeness (QED) is 0.399. The maximum atomic E-state index is 11.9. The van der Waals surface area contributed by atoms with Gasteiger partial charge in [-0.05, 0) is 39.2 Å². The molecule has 0 aromatic heterocycles. The standard InChI is InChI=1S/C15H20N4O2/c1-19(2)8-4-7-17-11-12(10-16)15(21)18-13-5-3-6-14(20)9-13/h3,5-6,9,11,17,20H,4,7-8H2,1-2H3,(H,18,21)/b12-11-. The molecule has 0 radical (unpaired) electrons. The number of carbonyl (C=O) groups is 1. The first-order valence-electron chi connectivity index (χ1n) is 6.61. The molecule has 3 N–H and O–H groups in total. The number of rotatable bonds is 7. The van der Waals surface area contributed by atoms with Crippen LogP contribution in [0.1, 0.15) is 6.42 Å². The summed E-state index contributed by atoms with van der Waals surface area (Å²) in [5.74, 6) is -0.458. The van der Waals surface area contributed by atoms with E-state index in [1.165, 1.54) is 18.3 Å². The van der Waals surface area contributed by atoms with Crippen LogP contribution in [0.3, 0.4) is 0 Å². The minimum absolute atomic E-state index is 0.0109. The smallest absolute Gasteiger partial charge is 0.267 e. The van der Waals surface area contributed by atoms with E-state index in [1.54, 1.807) is 12.1 Å². The van der Waals surface area contributed by atoms with Crippen molar-refractivity contribution in [3.8, 4) is 11.8 Å². The molecule has 1 aromatic rings. The van der Waals surface area contributed by atoms with Gasteiger partial charge in [0.05, 0.1) is 0 Å². The lowest BCUT2D eigenvalue weighted by Crippen LogP contribution is -2.20. The Morgan fingerprint density at radius 3 is 2.86 bits per heavy atom. The Bertz CT molecular complexity index is 547. The first-order chi connectivity index (χ1) is 10.0. The van der Waals surface area contributed by atoms with Crippen LogP contribution in [-0.2, 0) is 4.79 Å². The van der Waals surface area contributed by atoms with Crippen LogP contribution in [0.4, 0.5) is 5.69 Å². The highest BCUT2D eigenvalue weighted by Gasteiger charge is 2.09. The van der Waals surface area contributed by atoms with Crippen LogP contribution in [0, 0.1) is 11.3 Å². The third kappa shape index (κ3) is 6.45. The van der Waals surface area contributed by atoms with Gasteiger partial charge >= 0.3 is 0 Å². The summed E-state index contributed by atoms with van der Waals surface area (Å²) in [6.45, 7) is 1.61. The number of phenolic OH excluding ortho intramolecular Hbond substituents is 1. The Hall–Kier alpha value is -2.52. The fourth-order valence-electron chi connectivity index (χ4n) is 1.60. The van der Waals surface area contributed by atoms with E-state index in [4.69, 9.17) is 5.26 Å². The summed E-state index contributed by atoms with van der Waals surface area (Å²) in [5, 5.41) is 23.8. The Morgan fingerprint density at radius 2 is 2.24 bits per heavy atom. The zero-order valence-corrected chi connectivity index (χ0v) is 12.3. The molecule has 0 aliphatic heterocycles. The minimum atomic E-state index is -0.511. The molecule has 6 heteroatoms. The van der Waals surface area contributed by atoms with Crippen molar-refractivity contribution in [1.29, 1.82) is 5.26 Å². The van der Waals surface area contributed by atoms with E-state index in [0.717, 1.165) is 13.0 Å². The Morgan fingerprint density at radius 1 is 1.48 bits per heavy atom. The molecular formula is C15H20N4O2. The van der Waals surface area contributed by atoms with Crippen LogP contribution in [0.5, 0.6) is 5.75 Å². The highest BCUT2D eigenvalue weighted by molar-refractivity contribution is 6.06. The molecule has 1 amide bonds. The first-order valence-corrected chi connectivity index (χ1v) is 6.61. The molecule has 1 rings (SSSR count). The summed E-state index contributed by atoms with van der Waals surface area (Å²) >= 11 is 0. The summed E-state index contributed by atoms with van der Waals surface area (Å²) < 4.78 is 0. The van der Waals surface area contributed by atoms with Crippen LogP contribution in [-0.4, -0.2) is 43.1 Å². The summed E-state index contributed by atoms with van der Waals surface area (Å²) in [7, 11) is 3.97. The van der Waals surface area contributed by atoms with Crippen molar-refractivity contribution in [1.82, 2.24) is 10.2 Å². The number of aromatic hydroxyl groups is 1. The second-order valence-electron chi connectivity index (χ2n) is 4.79. The molecule has 21 heavy (non-hydrogen) atoms. The van der Waals surface area contributed by atoms with Crippen molar-refractivity contribution < 1.29 is 9.90 Å². The van der Waals surface area contributed by atoms with Gasteiger partial charge in [0.25, 0.3) is 5.91 Å². The van der Waals surface area contributed by atoms with Crippen molar-refractivity contribution in [3.63, 3.8) is 0 Å². The molecule has 6 nitrogen and oxygen atoms in total. The van der Waals surface area contributed by atoms with Gasteiger partial charge in [-0.3, -0.25) is 4.79 Å². The van der Waals surface area contributed by atoms with E-state index in [0.29, 0.717) is 12.2 Å². The third-order valence-corrected chi connectivity index (χ3v) is 2.64.